The number of tetrazole rings is 1. The smallest absolute Gasteiger partial charge is 0.253 e. The van der Waals surface area contributed by atoms with E-state index in [0.29, 0.717) is 41.5 Å². The van der Waals surface area contributed by atoms with Crippen LogP contribution in [0.15, 0.2) is 63.3 Å². The second-order valence-corrected chi connectivity index (χ2v) is 11.0. The first kappa shape index (κ1) is 26.6. The Morgan fingerprint density at radius 1 is 1.13 bits per heavy atom. The predicted molar refractivity (Wildman–Crippen MR) is 149 cm³/mol. The first-order chi connectivity index (χ1) is 18.8. The molecule has 1 atom stereocenters. The van der Waals surface area contributed by atoms with E-state index in [1.807, 2.05) is 40.4 Å². The number of benzene rings is 1. The summed E-state index contributed by atoms with van der Waals surface area (Å²) < 4.78 is 18.6. The van der Waals surface area contributed by atoms with E-state index in [-0.39, 0.29) is 11.1 Å². The number of furan rings is 1. The van der Waals surface area contributed by atoms with Gasteiger partial charge in [-0.2, -0.15) is 0 Å². The zero-order chi connectivity index (χ0) is 27.6. The Labute approximate surface area is 230 Å². The van der Waals surface area contributed by atoms with E-state index in [0.717, 1.165) is 22.4 Å². The molecule has 5 aromatic rings. The molecule has 0 fully saturated rings. The number of rotatable bonds is 11. The van der Waals surface area contributed by atoms with Crippen molar-refractivity contribution >= 4 is 22.2 Å². The minimum absolute atomic E-state index is 0.237. The molecule has 0 radical (unpaired) electrons. The lowest BCUT2D eigenvalue weighted by Gasteiger charge is -2.33. The zero-order valence-corrected chi connectivity index (χ0v) is 23.5. The molecule has 0 saturated heterocycles. The second-order valence-electron chi connectivity index (χ2n) is 9.93. The van der Waals surface area contributed by atoms with E-state index in [2.05, 4.69) is 52.2 Å². The number of nitrogens with one attached hydrogen (secondary N) is 1. The van der Waals surface area contributed by atoms with Crippen molar-refractivity contribution in [3.8, 4) is 11.5 Å². The Morgan fingerprint density at radius 2 is 1.92 bits per heavy atom. The van der Waals surface area contributed by atoms with Crippen LogP contribution in [0.5, 0.6) is 11.5 Å². The van der Waals surface area contributed by atoms with Gasteiger partial charge in [-0.3, -0.25) is 9.69 Å². The fourth-order valence-corrected chi connectivity index (χ4v) is 5.37. The molecule has 0 aliphatic heterocycles. The molecule has 0 amide bonds. The van der Waals surface area contributed by atoms with Crippen LogP contribution >= 0.6 is 11.3 Å². The van der Waals surface area contributed by atoms with Crippen molar-refractivity contribution in [2.45, 2.75) is 51.9 Å². The highest BCUT2D eigenvalue weighted by atomic mass is 32.1. The molecule has 10 nitrogen and oxygen atoms in total. The van der Waals surface area contributed by atoms with Crippen molar-refractivity contribution in [1.82, 2.24) is 30.1 Å². The van der Waals surface area contributed by atoms with Gasteiger partial charge in [0.1, 0.15) is 11.8 Å². The van der Waals surface area contributed by atoms with Crippen LogP contribution < -0.4 is 15.0 Å². The van der Waals surface area contributed by atoms with Gasteiger partial charge in [0.15, 0.2) is 17.3 Å². The topological polar surface area (TPSA) is 111 Å². The number of ether oxygens (including phenoxy) is 2. The average molecular weight is 549 g/mol. The summed E-state index contributed by atoms with van der Waals surface area (Å²) in [5.74, 6) is 2.46. The monoisotopic (exact) mass is 548 g/mol. The van der Waals surface area contributed by atoms with Gasteiger partial charge in [-0.25, -0.2) is 4.68 Å². The predicted octanol–water partition coefficient (Wildman–Crippen LogP) is 5.12. The molecule has 5 rings (SSSR count). The van der Waals surface area contributed by atoms with Crippen LogP contribution in [0.3, 0.4) is 0 Å². The van der Waals surface area contributed by atoms with Crippen LogP contribution in [-0.2, 0) is 18.6 Å². The number of methoxy groups -OCH3 is 2. The standard InChI is InChI=1S/C28H32N6O4S/c1-6-28(2,3)34-26(30-31-32-34)25(33(16-19-9-7-11-38-19)17-20-10-8-12-39-20)21-13-18-14-23(36-4)24(37-5)15-22(18)29-27(21)35/h7-15,25H,6,16-17H2,1-5H3,(H,29,35)/t25-/m1/s1. The van der Waals surface area contributed by atoms with Crippen molar-refractivity contribution in [1.29, 1.82) is 0 Å². The van der Waals surface area contributed by atoms with Gasteiger partial charge in [0.05, 0.1) is 38.1 Å². The molecule has 0 spiro atoms. The maximum Gasteiger partial charge on any atom is 0.253 e. The van der Waals surface area contributed by atoms with Crippen LogP contribution in [0.4, 0.5) is 0 Å². The second kappa shape index (κ2) is 11.0. The highest BCUT2D eigenvalue weighted by Crippen LogP contribution is 2.35. The first-order valence-corrected chi connectivity index (χ1v) is 13.6. The highest BCUT2D eigenvalue weighted by molar-refractivity contribution is 7.09. The molecule has 204 valence electrons. The number of hydrogen-bond acceptors (Lipinski definition) is 9. The third kappa shape index (κ3) is 5.32. The van der Waals surface area contributed by atoms with Gasteiger partial charge in [0.25, 0.3) is 5.56 Å². The van der Waals surface area contributed by atoms with Crippen molar-refractivity contribution in [3.63, 3.8) is 0 Å². The van der Waals surface area contributed by atoms with Crippen molar-refractivity contribution < 1.29 is 13.9 Å². The molecule has 39 heavy (non-hydrogen) atoms. The van der Waals surface area contributed by atoms with Crippen molar-refractivity contribution in [3.05, 3.63) is 86.5 Å². The van der Waals surface area contributed by atoms with Gasteiger partial charge < -0.3 is 18.9 Å². The Morgan fingerprint density at radius 3 is 2.59 bits per heavy atom. The number of H-pyrrole nitrogens is 1. The SMILES string of the molecule is CCC(C)(C)n1nnnc1[C@@H](c1cc2cc(OC)c(OC)cc2[nH]c1=O)N(Cc1ccco1)Cc1cccs1. The summed E-state index contributed by atoms with van der Waals surface area (Å²) in [5.41, 5.74) is 0.542. The molecule has 1 aromatic carbocycles. The van der Waals surface area contributed by atoms with Crippen LogP contribution in [-0.4, -0.2) is 44.3 Å². The maximum atomic E-state index is 13.8. The minimum atomic E-state index is -0.584. The van der Waals surface area contributed by atoms with Crippen LogP contribution in [0.2, 0.25) is 0 Å². The number of aromatic nitrogens is 5. The van der Waals surface area contributed by atoms with Crippen molar-refractivity contribution in [2.75, 3.05) is 14.2 Å². The van der Waals surface area contributed by atoms with Crippen LogP contribution in [0.1, 0.15) is 55.3 Å². The highest BCUT2D eigenvalue weighted by Gasteiger charge is 2.35. The maximum absolute atomic E-state index is 13.8. The van der Waals surface area contributed by atoms with Gasteiger partial charge in [-0.05, 0) is 66.4 Å². The summed E-state index contributed by atoms with van der Waals surface area (Å²) >= 11 is 1.66. The lowest BCUT2D eigenvalue weighted by Crippen LogP contribution is -2.37. The third-order valence-electron chi connectivity index (χ3n) is 7.09. The summed E-state index contributed by atoms with van der Waals surface area (Å²) in [5, 5.41) is 15.8. The Bertz CT molecular complexity index is 1550. The van der Waals surface area contributed by atoms with Crippen LogP contribution in [0, 0.1) is 0 Å². The molecule has 4 aromatic heterocycles. The zero-order valence-electron chi connectivity index (χ0n) is 22.7. The van der Waals surface area contributed by atoms with E-state index in [9.17, 15) is 4.79 Å². The number of nitrogens with zero attached hydrogens (tertiary/aromatic N) is 5. The molecule has 0 unspecified atom stereocenters. The summed E-state index contributed by atoms with van der Waals surface area (Å²) in [6.07, 6.45) is 2.45. The Hall–Kier alpha value is -3.96. The molecule has 0 aliphatic rings. The van der Waals surface area contributed by atoms with Crippen molar-refractivity contribution in [2.24, 2.45) is 0 Å². The fraction of sp³-hybridized carbons (Fsp3) is 0.357. The summed E-state index contributed by atoms with van der Waals surface area (Å²) in [6.45, 7) is 7.27. The van der Waals surface area contributed by atoms with E-state index in [1.54, 1.807) is 37.9 Å². The third-order valence-corrected chi connectivity index (χ3v) is 7.95. The first-order valence-electron chi connectivity index (χ1n) is 12.7. The molecular weight excluding hydrogens is 516 g/mol. The summed E-state index contributed by atoms with van der Waals surface area (Å²) in [6, 6.07) is 12.8. The normalized spacial score (nSPS) is 12.8. The molecule has 0 bridgehead atoms. The largest absolute Gasteiger partial charge is 0.493 e. The van der Waals surface area contributed by atoms with Gasteiger partial charge in [0, 0.05) is 28.4 Å². The van der Waals surface area contributed by atoms with Crippen LogP contribution in [0.25, 0.3) is 10.9 Å². The molecule has 11 heteroatoms. The number of fused-ring (bicyclic) bond motifs is 1. The van der Waals surface area contributed by atoms with Gasteiger partial charge in [-0.15, -0.1) is 16.4 Å². The van der Waals surface area contributed by atoms with E-state index >= 15 is 0 Å². The molecule has 1 N–H and O–H groups in total. The lowest BCUT2D eigenvalue weighted by molar-refractivity contribution is 0.169. The quantitative estimate of drug-likeness (QED) is 0.242. The fourth-order valence-electron chi connectivity index (χ4n) is 4.64. The Kier molecular flexibility index (Phi) is 7.53. The molecule has 0 aliphatic carbocycles. The number of aromatic amines is 1. The number of pyridine rings is 1. The number of hydrogen-bond donors (Lipinski definition) is 1. The van der Waals surface area contributed by atoms with E-state index in [1.165, 1.54) is 0 Å². The Balaban J connectivity index is 1.74. The summed E-state index contributed by atoms with van der Waals surface area (Å²) in [4.78, 5) is 20.2. The lowest BCUT2D eigenvalue weighted by atomic mass is 9.99. The van der Waals surface area contributed by atoms with Gasteiger partial charge >= 0.3 is 0 Å². The molecular formula is C28H32N6O4S. The minimum Gasteiger partial charge on any atom is -0.493 e. The summed E-state index contributed by atoms with van der Waals surface area (Å²) in [7, 11) is 3.16. The average Bonchev–Trinajstić information content (AvgIpc) is 3.72. The molecule has 4 heterocycles. The molecule has 0 saturated carbocycles. The van der Waals surface area contributed by atoms with E-state index < -0.39 is 6.04 Å². The number of thiophene rings is 1. The van der Waals surface area contributed by atoms with Gasteiger partial charge in [-0.1, -0.05) is 13.0 Å². The van der Waals surface area contributed by atoms with E-state index in [4.69, 9.17) is 13.9 Å². The van der Waals surface area contributed by atoms with Gasteiger partial charge in [0.2, 0.25) is 0 Å².